The summed E-state index contributed by atoms with van der Waals surface area (Å²) < 4.78 is 8.83. The Labute approximate surface area is 182 Å². The average molecular weight is 465 g/mol. The number of alkyl halides is 2. The quantitative estimate of drug-likeness (QED) is 0.491. The van der Waals surface area contributed by atoms with Crippen molar-refractivity contribution in [2.24, 2.45) is 5.41 Å². The largest absolute Gasteiger partial charge is 0.462 e. The topological polar surface area (TPSA) is 102 Å². The van der Waals surface area contributed by atoms with E-state index in [1.165, 1.54) is 4.90 Å². The lowest BCUT2D eigenvalue weighted by Crippen LogP contribution is -2.27. The SMILES string of the molecule is CCOC(=O)c1c(NC(=O)COC(=O)C2(C)CC2(Cl)Cl)sc(C(=O)N(C)C)c1C. The number of esters is 2. The Morgan fingerprint density at radius 1 is 1.21 bits per heavy atom. The first-order valence-electron chi connectivity index (χ1n) is 8.72. The van der Waals surface area contributed by atoms with Crippen LogP contribution >= 0.6 is 34.5 Å². The van der Waals surface area contributed by atoms with E-state index in [-0.39, 0.29) is 29.5 Å². The number of halogens is 2. The minimum Gasteiger partial charge on any atom is -0.462 e. The number of ether oxygens (including phenoxy) is 2. The molecule has 1 N–H and O–H groups in total. The zero-order valence-electron chi connectivity index (χ0n) is 16.7. The number of nitrogens with zero attached hydrogens (tertiary/aromatic N) is 1. The average Bonchev–Trinajstić information content (AvgIpc) is 2.98. The molecule has 1 aromatic rings. The van der Waals surface area contributed by atoms with Gasteiger partial charge in [0, 0.05) is 20.5 Å². The second-order valence-corrected chi connectivity index (χ2v) is 9.52. The number of rotatable bonds is 7. The normalized spacial score (nSPS) is 19.3. The maximum Gasteiger partial charge on any atom is 0.341 e. The summed E-state index contributed by atoms with van der Waals surface area (Å²) in [6.45, 7) is 4.34. The van der Waals surface area contributed by atoms with Crippen LogP contribution in [0.1, 0.15) is 45.9 Å². The molecule has 1 aromatic heterocycles. The number of hydrogen-bond acceptors (Lipinski definition) is 7. The van der Waals surface area contributed by atoms with Gasteiger partial charge < -0.3 is 19.7 Å². The van der Waals surface area contributed by atoms with Crippen molar-refractivity contribution >= 4 is 63.3 Å². The number of anilines is 1. The summed E-state index contributed by atoms with van der Waals surface area (Å²) in [5.74, 6) is -2.33. The van der Waals surface area contributed by atoms with Gasteiger partial charge in [-0.3, -0.25) is 14.4 Å². The Balaban J connectivity index is 2.17. The van der Waals surface area contributed by atoms with Gasteiger partial charge >= 0.3 is 11.9 Å². The first-order chi connectivity index (χ1) is 13.4. The van der Waals surface area contributed by atoms with Gasteiger partial charge in [-0.15, -0.1) is 34.5 Å². The summed E-state index contributed by atoms with van der Waals surface area (Å²) >= 11 is 12.8. The summed E-state index contributed by atoms with van der Waals surface area (Å²) in [5.41, 5.74) is -0.562. The minimum absolute atomic E-state index is 0.0939. The Kier molecular flexibility index (Phi) is 6.86. The summed E-state index contributed by atoms with van der Waals surface area (Å²) in [4.78, 5) is 50.7. The van der Waals surface area contributed by atoms with Crippen molar-refractivity contribution in [2.75, 3.05) is 32.6 Å². The number of hydrogen-bond donors (Lipinski definition) is 1. The molecule has 0 bridgehead atoms. The molecule has 1 heterocycles. The van der Waals surface area contributed by atoms with Gasteiger partial charge in [-0.25, -0.2) is 4.79 Å². The van der Waals surface area contributed by atoms with Crippen LogP contribution in [-0.2, 0) is 19.1 Å². The van der Waals surface area contributed by atoms with Gasteiger partial charge in [-0.2, -0.15) is 0 Å². The van der Waals surface area contributed by atoms with Crippen LogP contribution in [0.25, 0.3) is 0 Å². The first kappa shape index (κ1) is 23.4. The highest BCUT2D eigenvalue weighted by Crippen LogP contribution is 2.64. The zero-order valence-corrected chi connectivity index (χ0v) is 19.0. The van der Waals surface area contributed by atoms with Crippen molar-refractivity contribution in [2.45, 2.75) is 31.5 Å². The molecule has 1 fully saturated rings. The van der Waals surface area contributed by atoms with E-state index in [1.807, 2.05) is 0 Å². The van der Waals surface area contributed by atoms with Gasteiger partial charge in [-0.1, -0.05) is 0 Å². The fraction of sp³-hybridized carbons (Fsp3) is 0.556. The van der Waals surface area contributed by atoms with Crippen LogP contribution in [0.2, 0.25) is 0 Å². The smallest absolute Gasteiger partial charge is 0.341 e. The number of amides is 2. The highest BCUT2D eigenvalue weighted by molar-refractivity contribution is 7.18. The van der Waals surface area contributed by atoms with Crippen molar-refractivity contribution in [3.8, 4) is 0 Å². The van der Waals surface area contributed by atoms with Gasteiger partial charge in [0.2, 0.25) is 0 Å². The van der Waals surface area contributed by atoms with Crippen LogP contribution in [0, 0.1) is 12.3 Å². The highest BCUT2D eigenvalue weighted by Gasteiger charge is 2.69. The molecule has 1 unspecified atom stereocenters. The van der Waals surface area contributed by atoms with E-state index in [2.05, 4.69) is 5.32 Å². The molecule has 11 heteroatoms. The molecule has 160 valence electrons. The van der Waals surface area contributed by atoms with Crippen LogP contribution < -0.4 is 5.32 Å². The summed E-state index contributed by atoms with van der Waals surface area (Å²) in [5, 5.41) is 2.66. The van der Waals surface area contributed by atoms with E-state index in [1.54, 1.807) is 34.9 Å². The van der Waals surface area contributed by atoms with E-state index in [4.69, 9.17) is 32.7 Å². The maximum absolute atomic E-state index is 12.4. The molecule has 8 nitrogen and oxygen atoms in total. The Morgan fingerprint density at radius 2 is 1.79 bits per heavy atom. The van der Waals surface area contributed by atoms with Crippen LogP contribution in [0.4, 0.5) is 5.00 Å². The molecule has 2 rings (SSSR count). The molecule has 1 saturated carbocycles. The van der Waals surface area contributed by atoms with E-state index in [9.17, 15) is 19.2 Å². The van der Waals surface area contributed by atoms with Gasteiger partial charge in [0.1, 0.15) is 14.7 Å². The van der Waals surface area contributed by atoms with Crippen LogP contribution in [-0.4, -0.2) is 60.3 Å². The second kappa shape index (κ2) is 8.49. The predicted octanol–water partition coefficient (Wildman–Crippen LogP) is 3.00. The summed E-state index contributed by atoms with van der Waals surface area (Å²) in [7, 11) is 3.16. The molecule has 2 amide bonds. The second-order valence-electron chi connectivity index (χ2n) is 7.02. The predicted molar refractivity (Wildman–Crippen MR) is 110 cm³/mol. The molecule has 0 aromatic carbocycles. The van der Waals surface area contributed by atoms with Crippen molar-refractivity contribution < 1.29 is 28.7 Å². The Hall–Kier alpha value is -1.84. The molecule has 0 aliphatic heterocycles. The fourth-order valence-electron chi connectivity index (χ4n) is 2.53. The number of carbonyl (C=O) groups excluding carboxylic acids is 4. The first-order valence-corrected chi connectivity index (χ1v) is 10.3. The third-order valence-corrected chi connectivity index (χ3v) is 6.82. The van der Waals surface area contributed by atoms with Gasteiger partial charge in [0.15, 0.2) is 6.61 Å². The van der Waals surface area contributed by atoms with E-state index in [0.717, 1.165) is 11.3 Å². The van der Waals surface area contributed by atoms with Crippen molar-refractivity contribution in [1.82, 2.24) is 4.90 Å². The number of thiophene rings is 1. The third kappa shape index (κ3) is 4.67. The molecular weight excluding hydrogens is 443 g/mol. The van der Waals surface area contributed by atoms with E-state index >= 15 is 0 Å². The number of nitrogens with one attached hydrogen (secondary N) is 1. The van der Waals surface area contributed by atoms with Crippen LogP contribution in [0.15, 0.2) is 0 Å². The Bertz CT molecular complexity index is 867. The lowest BCUT2D eigenvalue weighted by atomic mass is 10.1. The third-order valence-electron chi connectivity index (χ3n) is 4.52. The van der Waals surface area contributed by atoms with Gasteiger partial charge in [-0.05, 0) is 26.3 Å². The Morgan fingerprint density at radius 3 is 2.28 bits per heavy atom. The maximum atomic E-state index is 12.4. The summed E-state index contributed by atoms with van der Waals surface area (Å²) in [6, 6.07) is 0. The molecule has 0 spiro atoms. The summed E-state index contributed by atoms with van der Waals surface area (Å²) in [6.07, 6.45) is 0.233. The van der Waals surface area contributed by atoms with Crippen molar-refractivity contribution in [3.63, 3.8) is 0 Å². The fourth-order valence-corrected chi connectivity index (χ4v) is 4.45. The monoisotopic (exact) mass is 464 g/mol. The van der Waals surface area contributed by atoms with Gasteiger partial charge in [0.05, 0.1) is 17.0 Å². The van der Waals surface area contributed by atoms with Crippen LogP contribution in [0.5, 0.6) is 0 Å². The molecule has 0 radical (unpaired) electrons. The lowest BCUT2D eigenvalue weighted by Gasteiger charge is -2.12. The lowest BCUT2D eigenvalue weighted by molar-refractivity contribution is -0.152. The van der Waals surface area contributed by atoms with Crippen molar-refractivity contribution in [1.29, 1.82) is 0 Å². The van der Waals surface area contributed by atoms with Gasteiger partial charge in [0.25, 0.3) is 11.8 Å². The molecule has 29 heavy (non-hydrogen) atoms. The standard InChI is InChI=1S/C18H22Cl2N2O6S/c1-6-27-15(25)11-9(2)12(14(24)22(4)5)29-13(11)21-10(23)7-28-16(26)17(3)8-18(17,19)20/h6-8H2,1-5H3,(H,21,23). The van der Waals surface area contributed by atoms with E-state index < -0.39 is 34.2 Å². The highest BCUT2D eigenvalue weighted by atomic mass is 35.5. The molecular formula is C18H22Cl2N2O6S. The molecule has 0 saturated heterocycles. The van der Waals surface area contributed by atoms with E-state index in [0.29, 0.717) is 10.4 Å². The minimum atomic E-state index is -1.20. The van der Waals surface area contributed by atoms with Crippen LogP contribution in [0.3, 0.4) is 0 Å². The van der Waals surface area contributed by atoms with Crippen molar-refractivity contribution in [3.05, 3.63) is 16.0 Å². The molecule has 1 aliphatic carbocycles. The number of carbonyl (C=O) groups is 4. The zero-order chi connectivity index (χ0) is 22.1. The molecule has 1 atom stereocenters. The molecule has 1 aliphatic rings.